The van der Waals surface area contributed by atoms with E-state index in [4.69, 9.17) is 0 Å². The highest BCUT2D eigenvalue weighted by Crippen LogP contribution is 2.25. The van der Waals surface area contributed by atoms with Gasteiger partial charge in [0.15, 0.2) is 0 Å². The van der Waals surface area contributed by atoms with Gasteiger partial charge in [0.2, 0.25) is 10.0 Å². The molecule has 2 N–H and O–H groups in total. The molecule has 0 saturated carbocycles. The molecule has 0 amide bonds. The van der Waals surface area contributed by atoms with Gasteiger partial charge in [-0.2, -0.15) is 4.31 Å². The Morgan fingerprint density at radius 3 is 2.59 bits per heavy atom. The second-order valence-corrected chi connectivity index (χ2v) is 9.35. The number of aromatic nitrogens is 2. The summed E-state index contributed by atoms with van der Waals surface area (Å²) in [5.74, 6) is 0. The van der Waals surface area contributed by atoms with Crippen LogP contribution >= 0.6 is 27.3 Å². The fourth-order valence-electron chi connectivity index (χ4n) is 2.09. The molecule has 2 heterocycles. The topological polar surface area (TPSA) is 86.0 Å². The maximum absolute atomic E-state index is 12.6. The maximum atomic E-state index is 12.6. The average Bonchev–Trinajstić information content (AvgIpc) is 3.02. The number of rotatable bonds is 4. The van der Waals surface area contributed by atoms with Crippen LogP contribution in [0.3, 0.4) is 0 Å². The van der Waals surface area contributed by atoms with Crippen LogP contribution in [0.2, 0.25) is 0 Å². The van der Waals surface area contributed by atoms with E-state index in [1.165, 1.54) is 34.8 Å². The molecule has 3 rings (SSSR count). The van der Waals surface area contributed by atoms with E-state index in [0.29, 0.717) is 17.6 Å². The average molecular weight is 402 g/mol. The second kappa shape index (κ2) is 5.65. The third kappa shape index (κ3) is 2.89. The lowest BCUT2D eigenvalue weighted by Gasteiger charge is -2.16. The van der Waals surface area contributed by atoms with Crippen molar-refractivity contribution in [1.82, 2.24) is 14.3 Å². The van der Waals surface area contributed by atoms with Crippen molar-refractivity contribution in [2.45, 2.75) is 11.4 Å². The molecular weight excluding hydrogens is 390 g/mol. The normalized spacial score (nSPS) is 12.3. The molecule has 0 radical (unpaired) electrons. The first-order valence-corrected chi connectivity index (χ1v) is 9.34. The zero-order valence-electron chi connectivity index (χ0n) is 11.5. The number of fused-ring (bicyclic) bond motifs is 1. The van der Waals surface area contributed by atoms with Crippen molar-refractivity contribution in [3.8, 4) is 0 Å². The summed E-state index contributed by atoms with van der Waals surface area (Å²) in [6.45, 7) is 0.292. The summed E-state index contributed by atoms with van der Waals surface area (Å²) in [4.78, 5) is 17.5. The molecule has 0 saturated heterocycles. The lowest BCUT2D eigenvalue weighted by Crippen LogP contribution is -2.26. The first kappa shape index (κ1) is 15.5. The number of aromatic amines is 2. The van der Waals surface area contributed by atoms with Crippen LogP contribution in [0.4, 0.5) is 0 Å². The van der Waals surface area contributed by atoms with E-state index in [-0.39, 0.29) is 10.6 Å². The number of thiophene rings is 1. The van der Waals surface area contributed by atoms with Crippen LogP contribution in [0.1, 0.15) is 4.88 Å². The monoisotopic (exact) mass is 401 g/mol. The van der Waals surface area contributed by atoms with Crippen LogP contribution in [-0.2, 0) is 16.6 Å². The number of hydrogen-bond donors (Lipinski definition) is 2. The Morgan fingerprint density at radius 1 is 1.18 bits per heavy atom. The Morgan fingerprint density at radius 2 is 1.91 bits per heavy atom. The van der Waals surface area contributed by atoms with Gasteiger partial charge in [0.1, 0.15) is 0 Å². The van der Waals surface area contributed by atoms with E-state index in [9.17, 15) is 13.2 Å². The van der Waals surface area contributed by atoms with Crippen molar-refractivity contribution in [3.63, 3.8) is 0 Å². The molecular formula is C13H12BrN3O3S2. The molecule has 0 atom stereocenters. The summed E-state index contributed by atoms with van der Waals surface area (Å²) in [6.07, 6.45) is 0. The van der Waals surface area contributed by atoms with Crippen LogP contribution in [0.5, 0.6) is 0 Å². The third-order valence-corrected chi connectivity index (χ3v) is 6.61. The van der Waals surface area contributed by atoms with Gasteiger partial charge >= 0.3 is 5.69 Å². The first-order valence-electron chi connectivity index (χ1n) is 6.29. The Kier molecular flexibility index (Phi) is 3.98. The summed E-state index contributed by atoms with van der Waals surface area (Å²) >= 11 is 4.85. The summed E-state index contributed by atoms with van der Waals surface area (Å²) < 4.78 is 27.5. The molecule has 0 aliphatic carbocycles. The Bertz CT molecular complexity index is 987. The SMILES string of the molecule is CN(Cc1ccc(Br)s1)S(=O)(=O)c1ccc2[nH]c(=O)[nH]c2c1. The Labute approximate surface area is 139 Å². The van der Waals surface area contributed by atoms with Crippen LogP contribution < -0.4 is 5.69 Å². The van der Waals surface area contributed by atoms with E-state index in [0.717, 1.165) is 8.66 Å². The van der Waals surface area contributed by atoms with Gasteiger partial charge in [-0.1, -0.05) is 0 Å². The van der Waals surface area contributed by atoms with Crippen molar-refractivity contribution in [1.29, 1.82) is 0 Å². The standard InChI is InChI=1S/C13H12BrN3O3S2/c1-17(7-8-2-5-12(14)21-8)22(19,20)9-3-4-10-11(6-9)16-13(18)15-10/h2-6H,7H2,1H3,(H2,15,16,18). The van der Waals surface area contributed by atoms with Gasteiger partial charge in [0.05, 0.1) is 19.7 Å². The number of hydrogen-bond acceptors (Lipinski definition) is 4. The van der Waals surface area contributed by atoms with Gasteiger partial charge in [0.25, 0.3) is 0 Å². The van der Waals surface area contributed by atoms with E-state index >= 15 is 0 Å². The molecule has 0 aliphatic heterocycles. The molecule has 116 valence electrons. The maximum Gasteiger partial charge on any atom is 0.323 e. The lowest BCUT2D eigenvalue weighted by atomic mass is 10.3. The number of halogens is 1. The quantitative estimate of drug-likeness (QED) is 0.703. The molecule has 0 spiro atoms. The highest BCUT2D eigenvalue weighted by Gasteiger charge is 2.22. The molecule has 6 nitrogen and oxygen atoms in total. The van der Waals surface area contributed by atoms with E-state index in [1.807, 2.05) is 12.1 Å². The predicted octanol–water partition coefficient (Wildman–Crippen LogP) is 2.50. The molecule has 0 unspecified atom stereocenters. The zero-order chi connectivity index (χ0) is 15.9. The van der Waals surface area contributed by atoms with Crippen LogP contribution in [0, 0.1) is 0 Å². The molecule has 0 fully saturated rings. The number of nitrogens with one attached hydrogen (secondary N) is 2. The van der Waals surface area contributed by atoms with Crippen molar-refractivity contribution in [2.24, 2.45) is 0 Å². The molecule has 0 bridgehead atoms. The van der Waals surface area contributed by atoms with Gasteiger partial charge in [-0.15, -0.1) is 11.3 Å². The largest absolute Gasteiger partial charge is 0.323 e. The van der Waals surface area contributed by atoms with Gasteiger partial charge in [-0.25, -0.2) is 13.2 Å². The molecule has 22 heavy (non-hydrogen) atoms. The number of nitrogens with zero attached hydrogens (tertiary/aromatic N) is 1. The van der Waals surface area contributed by atoms with Gasteiger partial charge < -0.3 is 9.97 Å². The highest BCUT2D eigenvalue weighted by atomic mass is 79.9. The summed E-state index contributed by atoms with van der Waals surface area (Å²) in [5, 5.41) is 0. The summed E-state index contributed by atoms with van der Waals surface area (Å²) in [7, 11) is -2.09. The van der Waals surface area contributed by atoms with E-state index in [2.05, 4.69) is 25.9 Å². The van der Waals surface area contributed by atoms with Gasteiger partial charge in [-0.3, -0.25) is 0 Å². The smallest absolute Gasteiger partial charge is 0.306 e. The third-order valence-electron chi connectivity index (χ3n) is 3.20. The van der Waals surface area contributed by atoms with Crippen molar-refractivity contribution in [3.05, 3.63) is 49.5 Å². The lowest BCUT2D eigenvalue weighted by molar-refractivity contribution is 0.470. The molecule has 3 aromatic rings. The van der Waals surface area contributed by atoms with Crippen molar-refractivity contribution < 1.29 is 8.42 Å². The number of H-pyrrole nitrogens is 2. The van der Waals surface area contributed by atoms with Crippen LogP contribution in [-0.4, -0.2) is 29.7 Å². The van der Waals surface area contributed by atoms with Crippen molar-refractivity contribution >= 4 is 48.3 Å². The van der Waals surface area contributed by atoms with Gasteiger partial charge in [-0.05, 0) is 46.3 Å². The number of benzene rings is 1. The zero-order valence-corrected chi connectivity index (χ0v) is 14.7. The summed E-state index contributed by atoms with van der Waals surface area (Å²) in [5.41, 5.74) is 0.688. The fraction of sp³-hybridized carbons (Fsp3) is 0.154. The van der Waals surface area contributed by atoms with Gasteiger partial charge in [0, 0.05) is 18.5 Å². The first-order chi connectivity index (χ1) is 10.4. The molecule has 1 aromatic carbocycles. The number of imidazole rings is 1. The van der Waals surface area contributed by atoms with E-state index in [1.54, 1.807) is 6.07 Å². The van der Waals surface area contributed by atoms with Crippen LogP contribution in [0.25, 0.3) is 11.0 Å². The van der Waals surface area contributed by atoms with Crippen LogP contribution in [0.15, 0.2) is 43.8 Å². The minimum absolute atomic E-state index is 0.147. The van der Waals surface area contributed by atoms with Crippen molar-refractivity contribution in [2.75, 3.05) is 7.05 Å². The molecule has 0 aliphatic rings. The Hall–Kier alpha value is -1.42. The Balaban J connectivity index is 1.94. The minimum atomic E-state index is -3.62. The predicted molar refractivity (Wildman–Crippen MR) is 89.6 cm³/mol. The second-order valence-electron chi connectivity index (χ2n) is 4.75. The minimum Gasteiger partial charge on any atom is -0.306 e. The molecule has 2 aromatic heterocycles. The summed E-state index contributed by atoms with van der Waals surface area (Å²) in [6, 6.07) is 8.30. The number of sulfonamides is 1. The molecule has 9 heteroatoms. The highest BCUT2D eigenvalue weighted by molar-refractivity contribution is 9.11. The fourth-order valence-corrected chi connectivity index (χ4v) is 4.89. The van der Waals surface area contributed by atoms with E-state index < -0.39 is 10.0 Å².